The molecule has 1 atom stereocenters. The van der Waals surface area contributed by atoms with Crippen molar-refractivity contribution in [1.82, 2.24) is 10.2 Å². The molecule has 1 N–H and O–H groups in total. The number of fused-ring (bicyclic) bond motifs is 1. The Morgan fingerprint density at radius 2 is 1.62 bits per heavy atom. The van der Waals surface area contributed by atoms with Crippen LogP contribution in [0.1, 0.15) is 89.9 Å². The molecular formula is C25H38N2O2. The first-order chi connectivity index (χ1) is 14.2. The molecule has 29 heavy (non-hydrogen) atoms. The zero-order valence-corrected chi connectivity index (χ0v) is 17.9. The Hall–Kier alpha value is -1.32. The molecule has 6 aliphatic rings. The van der Waals surface area contributed by atoms with E-state index in [1.54, 1.807) is 0 Å². The number of nitrogens with one attached hydrogen (secondary N) is 1. The fraction of sp³-hybridized carbons (Fsp3) is 0.840. The summed E-state index contributed by atoms with van der Waals surface area (Å²) in [5, 5.41) is 3.41. The third-order valence-corrected chi connectivity index (χ3v) is 8.67. The Kier molecular flexibility index (Phi) is 5.71. The van der Waals surface area contributed by atoms with Crippen molar-refractivity contribution in [1.29, 1.82) is 0 Å². The van der Waals surface area contributed by atoms with Crippen LogP contribution >= 0.6 is 0 Å². The Labute approximate surface area is 175 Å². The molecule has 1 unspecified atom stereocenters. The number of hydrogen-bond acceptors (Lipinski definition) is 2. The number of amides is 2. The van der Waals surface area contributed by atoms with Crippen molar-refractivity contribution in [2.75, 3.05) is 6.54 Å². The van der Waals surface area contributed by atoms with Crippen LogP contribution in [-0.2, 0) is 9.59 Å². The van der Waals surface area contributed by atoms with Gasteiger partial charge in [0.2, 0.25) is 11.8 Å². The van der Waals surface area contributed by atoms with Crippen molar-refractivity contribution < 1.29 is 9.59 Å². The minimum absolute atomic E-state index is 0.225. The lowest BCUT2D eigenvalue weighted by molar-refractivity contribution is -0.131. The second-order valence-electron chi connectivity index (χ2n) is 10.7. The van der Waals surface area contributed by atoms with Gasteiger partial charge in [0.1, 0.15) is 0 Å². The largest absolute Gasteiger partial charge is 0.353 e. The number of carbonyl (C=O) groups excluding carboxylic acids is 2. The highest BCUT2D eigenvalue weighted by Gasteiger charge is 2.48. The van der Waals surface area contributed by atoms with Crippen LogP contribution in [-0.4, -0.2) is 29.3 Å². The molecule has 4 heteroatoms. The predicted molar refractivity (Wildman–Crippen MR) is 114 cm³/mol. The predicted octanol–water partition coefficient (Wildman–Crippen LogP) is 4.79. The highest BCUT2D eigenvalue weighted by atomic mass is 16.2. The molecule has 1 saturated heterocycles. The second kappa shape index (κ2) is 8.43. The van der Waals surface area contributed by atoms with E-state index < -0.39 is 0 Å². The molecule has 1 heterocycles. The van der Waals surface area contributed by atoms with Crippen molar-refractivity contribution in [2.45, 2.75) is 95.9 Å². The highest BCUT2D eigenvalue weighted by Crippen LogP contribution is 2.53. The van der Waals surface area contributed by atoms with E-state index in [1.807, 2.05) is 0 Å². The molecule has 5 fully saturated rings. The second-order valence-corrected chi connectivity index (χ2v) is 10.7. The minimum atomic E-state index is 0.225. The molecule has 2 amide bonds. The first-order valence-corrected chi connectivity index (χ1v) is 12.5. The monoisotopic (exact) mass is 398 g/mol. The fourth-order valence-electron chi connectivity index (χ4n) is 7.56. The lowest BCUT2D eigenvalue weighted by Gasteiger charge is -2.54. The summed E-state index contributed by atoms with van der Waals surface area (Å²) in [6, 6.07) is 0.445. The van der Waals surface area contributed by atoms with Gasteiger partial charge in [-0.05, 0) is 107 Å². The molecule has 0 aromatic heterocycles. The zero-order valence-electron chi connectivity index (χ0n) is 17.9. The third kappa shape index (κ3) is 4.14. The van der Waals surface area contributed by atoms with Crippen LogP contribution in [0.3, 0.4) is 0 Å². The first kappa shape index (κ1) is 19.6. The van der Waals surface area contributed by atoms with Gasteiger partial charge in [0, 0.05) is 31.1 Å². The van der Waals surface area contributed by atoms with Gasteiger partial charge in [0.05, 0.1) is 0 Å². The van der Waals surface area contributed by atoms with Crippen LogP contribution in [0.4, 0.5) is 0 Å². The van der Waals surface area contributed by atoms with Gasteiger partial charge >= 0.3 is 0 Å². The molecular weight excluding hydrogens is 360 g/mol. The van der Waals surface area contributed by atoms with Crippen molar-refractivity contribution >= 4 is 11.8 Å². The van der Waals surface area contributed by atoms with E-state index in [9.17, 15) is 9.59 Å². The fourth-order valence-corrected chi connectivity index (χ4v) is 7.56. The molecule has 4 bridgehead atoms. The minimum Gasteiger partial charge on any atom is -0.353 e. The molecule has 4 nitrogen and oxygen atoms in total. The maximum atomic E-state index is 12.8. The maximum absolute atomic E-state index is 12.8. The molecule has 5 aliphatic carbocycles. The van der Waals surface area contributed by atoms with Crippen molar-refractivity contribution in [3.05, 3.63) is 11.8 Å². The number of unbranched alkanes of at least 4 members (excludes halogenated alkanes) is 1. The Morgan fingerprint density at radius 3 is 2.38 bits per heavy atom. The molecule has 0 aromatic rings. The molecule has 1 aliphatic heterocycles. The Morgan fingerprint density at radius 1 is 0.931 bits per heavy atom. The average Bonchev–Trinajstić information content (AvgIpc) is 2.72. The van der Waals surface area contributed by atoms with Crippen molar-refractivity contribution in [3.63, 3.8) is 0 Å². The van der Waals surface area contributed by atoms with Crippen LogP contribution in [0.15, 0.2) is 11.8 Å². The number of rotatable bonds is 6. The lowest BCUT2D eigenvalue weighted by atomic mass is 9.54. The highest BCUT2D eigenvalue weighted by molar-refractivity contribution is 5.79. The van der Waals surface area contributed by atoms with Crippen LogP contribution in [0.2, 0.25) is 0 Å². The van der Waals surface area contributed by atoms with E-state index in [2.05, 4.69) is 16.3 Å². The number of likely N-dealkylation sites (tertiary alicyclic amines) is 1. The van der Waals surface area contributed by atoms with Crippen LogP contribution in [0.5, 0.6) is 0 Å². The van der Waals surface area contributed by atoms with Crippen LogP contribution in [0, 0.1) is 29.6 Å². The van der Waals surface area contributed by atoms with Gasteiger partial charge in [0.25, 0.3) is 0 Å². The Balaban J connectivity index is 1.04. The van der Waals surface area contributed by atoms with Gasteiger partial charge in [0.15, 0.2) is 0 Å². The van der Waals surface area contributed by atoms with E-state index >= 15 is 0 Å². The first-order valence-electron chi connectivity index (χ1n) is 12.5. The van der Waals surface area contributed by atoms with E-state index in [4.69, 9.17) is 0 Å². The summed E-state index contributed by atoms with van der Waals surface area (Å²) >= 11 is 0. The van der Waals surface area contributed by atoms with Crippen LogP contribution < -0.4 is 5.32 Å². The topological polar surface area (TPSA) is 49.4 Å². The molecule has 160 valence electrons. The quantitative estimate of drug-likeness (QED) is 0.654. The molecule has 4 saturated carbocycles. The number of nitrogens with zero attached hydrogens (tertiary/aromatic N) is 1. The van der Waals surface area contributed by atoms with Gasteiger partial charge < -0.3 is 10.2 Å². The van der Waals surface area contributed by atoms with Crippen molar-refractivity contribution in [2.24, 2.45) is 29.6 Å². The molecule has 0 radical (unpaired) electrons. The van der Waals surface area contributed by atoms with Gasteiger partial charge in [-0.25, -0.2) is 0 Å². The molecule has 0 aromatic carbocycles. The lowest BCUT2D eigenvalue weighted by Crippen LogP contribution is -2.55. The number of hydrogen-bond donors (Lipinski definition) is 1. The number of carbonyl (C=O) groups is 2. The summed E-state index contributed by atoms with van der Waals surface area (Å²) < 4.78 is 0. The third-order valence-electron chi connectivity index (χ3n) is 8.67. The van der Waals surface area contributed by atoms with Gasteiger partial charge in [-0.15, -0.1) is 0 Å². The average molecular weight is 399 g/mol. The van der Waals surface area contributed by atoms with Crippen LogP contribution in [0.25, 0.3) is 0 Å². The number of allylic oxidation sites excluding steroid dienone is 2. The summed E-state index contributed by atoms with van der Waals surface area (Å²) in [6.07, 6.45) is 18.0. The van der Waals surface area contributed by atoms with E-state index in [-0.39, 0.29) is 11.8 Å². The number of piperidine rings is 1. The summed E-state index contributed by atoms with van der Waals surface area (Å²) in [6.45, 7) is 0.897. The zero-order chi connectivity index (χ0) is 19.8. The smallest absolute Gasteiger partial charge is 0.226 e. The van der Waals surface area contributed by atoms with Gasteiger partial charge in [-0.2, -0.15) is 0 Å². The summed E-state index contributed by atoms with van der Waals surface area (Å²) in [7, 11) is 0. The van der Waals surface area contributed by atoms with E-state index in [0.717, 1.165) is 55.9 Å². The summed E-state index contributed by atoms with van der Waals surface area (Å²) in [5.41, 5.74) is 1.31. The standard InChI is InChI=1S/C25H38N2O2/c28-23(26-25-20-13-17-12-18(15-20)16-21(25)14-17)9-3-4-10-24(29)27-11-5-7-19-6-1-2-8-22(19)27/h8,17-21,25H,1-7,9-16H2,(H,26,28). The molecule has 0 spiro atoms. The normalized spacial score (nSPS) is 37.8. The molecule has 6 rings (SSSR count). The van der Waals surface area contributed by atoms with Gasteiger partial charge in [-0.1, -0.05) is 6.08 Å². The SMILES string of the molecule is O=C(CCCCC(=O)N1CCCC2CCCC=C21)NC1C2CC3CC(C2)CC1C3. The van der Waals surface area contributed by atoms with Gasteiger partial charge in [-0.3, -0.25) is 9.59 Å². The Bertz CT molecular complexity index is 642. The maximum Gasteiger partial charge on any atom is 0.226 e. The van der Waals surface area contributed by atoms with E-state index in [1.165, 1.54) is 57.1 Å². The van der Waals surface area contributed by atoms with Crippen molar-refractivity contribution in [3.8, 4) is 0 Å². The summed E-state index contributed by atoms with van der Waals surface area (Å²) in [5.74, 6) is 4.51. The summed E-state index contributed by atoms with van der Waals surface area (Å²) in [4.78, 5) is 27.4. The van der Waals surface area contributed by atoms with E-state index in [0.29, 0.717) is 24.8 Å².